The predicted molar refractivity (Wildman–Crippen MR) is 49.5 cm³/mol. The Morgan fingerprint density at radius 3 is 3.00 bits per heavy atom. The Labute approximate surface area is 72.6 Å². The van der Waals surface area contributed by atoms with Gasteiger partial charge in [-0.3, -0.25) is 5.01 Å². The van der Waals surface area contributed by atoms with Crippen LogP contribution < -0.4 is 0 Å². The number of aliphatic hydroxyl groups is 1. The first-order valence-corrected chi connectivity index (χ1v) is 4.17. The van der Waals surface area contributed by atoms with Gasteiger partial charge in [-0.1, -0.05) is 0 Å². The molecule has 0 saturated heterocycles. The van der Waals surface area contributed by atoms with E-state index in [1.54, 1.807) is 0 Å². The standard InChI is InChI=1S/C8H15N3O/c1-7(2)9-8-3-4-11(10-8)5-6-12/h12H,3-6H2,1-2H3. The van der Waals surface area contributed by atoms with Crippen LogP contribution in [0.25, 0.3) is 0 Å². The molecule has 0 aromatic heterocycles. The monoisotopic (exact) mass is 169 g/mol. The van der Waals surface area contributed by atoms with Gasteiger partial charge in [0.05, 0.1) is 13.2 Å². The maximum absolute atomic E-state index is 8.65. The van der Waals surface area contributed by atoms with E-state index in [1.165, 1.54) is 0 Å². The number of aliphatic hydroxyl groups excluding tert-OH is 1. The van der Waals surface area contributed by atoms with Gasteiger partial charge < -0.3 is 5.11 Å². The van der Waals surface area contributed by atoms with Crippen LogP contribution in [-0.2, 0) is 0 Å². The summed E-state index contributed by atoms with van der Waals surface area (Å²) in [4.78, 5) is 4.25. The minimum absolute atomic E-state index is 0.158. The molecule has 0 aromatic carbocycles. The second kappa shape index (κ2) is 4.21. The highest BCUT2D eigenvalue weighted by atomic mass is 16.3. The topological polar surface area (TPSA) is 48.2 Å². The molecule has 0 bridgehead atoms. The van der Waals surface area contributed by atoms with Gasteiger partial charge in [0.1, 0.15) is 5.84 Å². The van der Waals surface area contributed by atoms with Crippen LogP contribution in [0.2, 0.25) is 0 Å². The van der Waals surface area contributed by atoms with Gasteiger partial charge in [0.25, 0.3) is 0 Å². The van der Waals surface area contributed by atoms with E-state index >= 15 is 0 Å². The lowest BCUT2D eigenvalue weighted by Crippen LogP contribution is -2.17. The molecule has 0 saturated carbocycles. The van der Waals surface area contributed by atoms with Crippen molar-refractivity contribution in [2.75, 3.05) is 19.7 Å². The lowest BCUT2D eigenvalue weighted by Gasteiger charge is -2.09. The van der Waals surface area contributed by atoms with Crippen molar-refractivity contribution in [3.05, 3.63) is 0 Å². The fourth-order valence-corrected chi connectivity index (χ4v) is 1.11. The number of hydrazone groups is 1. The van der Waals surface area contributed by atoms with Crippen molar-refractivity contribution in [1.29, 1.82) is 0 Å². The Kier molecular flexibility index (Phi) is 3.22. The van der Waals surface area contributed by atoms with Crippen LogP contribution in [0.15, 0.2) is 10.1 Å². The van der Waals surface area contributed by atoms with Crippen molar-refractivity contribution in [3.63, 3.8) is 0 Å². The molecule has 0 atom stereocenters. The molecule has 12 heavy (non-hydrogen) atoms. The Morgan fingerprint density at radius 2 is 2.42 bits per heavy atom. The van der Waals surface area contributed by atoms with Gasteiger partial charge in [0.2, 0.25) is 0 Å². The first-order valence-electron chi connectivity index (χ1n) is 4.17. The van der Waals surface area contributed by atoms with Crippen LogP contribution in [0.1, 0.15) is 20.3 Å². The van der Waals surface area contributed by atoms with Crippen LogP contribution in [0.5, 0.6) is 0 Å². The summed E-state index contributed by atoms with van der Waals surface area (Å²) < 4.78 is 0. The lowest BCUT2D eigenvalue weighted by atomic mass is 10.4. The van der Waals surface area contributed by atoms with Gasteiger partial charge in [0.15, 0.2) is 0 Å². The van der Waals surface area contributed by atoms with Gasteiger partial charge in [-0.15, -0.1) is 0 Å². The number of β-amino-alcohol motifs (C(OH)–C–C–N with tert-alkyl or cyclic N) is 1. The van der Waals surface area contributed by atoms with E-state index in [0.29, 0.717) is 6.54 Å². The second-order valence-electron chi connectivity index (χ2n) is 3.00. The molecular formula is C8H15N3O. The van der Waals surface area contributed by atoms with Gasteiger partial charge >= 0.3 is 0 Å². The third-order valence-corrected chi connectivity index (χ3v) is 1.56. The minimum Gasteiger partial charge on any atom is -0.394 e. The average molecular weight is 169 g/mol. The summed E-state index contributed by atoms with van der Waals surface area (Å²) in [5, 5.41) is 14.7. The molecular weight excluding hydrogens is 154 g/mol. The van der Waals surface area contributed by atoms with Crippen LogP contribution in [0.4, 0.5) is 0 Å². The van der Waals surface area contributed by atoms with E-state index in [1.807, 2.05) is 18.9 Å². The Morgan fingerprint density at radius 1 is 1.67 bits per heavy atom. The van der Waals surface area contributed by atoms with Crippen molar-refractivity contribution in [2.45, 2.75) is 20.3 Å². The molecule has 4 nitrogen and oxygen atoms in total. The van der Waals surface area contributed by atoms with Crippen molar-refractivity contribution in [3.8, 4) is 0 Å². The zero-order chi connectivity index (χ0) is 8.97. The zero-order valence-electron chi connectivity index (χ0n) is 7.62. The minimum atomic E-state index is 0.158. The maximum atomic E-state index is 8.65. The Bertz CT molecular complexity index is 206. The molecule has 1 N–H and O–H groups in total. The summed E-state index contributed by atoms with van der Waals surface area (Å²) in [6.45, 7) is 5.56. The van der Waals surface area contributed by atoms with Gasteiger partial charge in [-0.05, 0) is 13.8 Å². The fraction of sp³-hybridized carbons (Fsp3) is 0.750. The molecule has 0 aromatic rings. The van der Waals surface area contributed by atoms with E-state index in [9.17, 15) is 0 Å². The smallest absolute Gasteiger partial charge is 0.150 e. The quantitative estimate of drug-likeness (QED) is 0.611. The van der Waals surface area contributed by atoms with Crippen molar-refractivity contribution in [2.24, 2.45) is 10.1 Å². The third kappa shape index (κ3) is 2.62. The van der Waals surface area contributed by atoms with E-state index in [2.05, 4.69) is 10.1 Å². The number of hydrogen-bond acceptors (Lipinski definition) is 4. The molecule has 0 radical (unpaired) electrons. The molecule has 0 spiro atoms. The maximum Gasteiger partial charge on any atom is 0.150 e. The molecule has 0 aliphatic carbocycles. The SMILES string of the molecule is CC(C)=NC1=NN(CCO)CC1. The van der Waals surface area contributed by atoms with E-state index < -0.39 is 0 Å². The molecule has 0 unspecified atom stereocenters. The van der Waals surface area contributed by atoms with Crippen LogP contribution >= 0.6 is 0 Å². The van der Waals surface area contributed by atoms with E-state index in [4.69, 9.17) is 5.11 Å². The molecule has 1 heterocycles. The fourth-order valence-electron chi connectivity index (χ4n) is 1.11. The zero-order valence-corrected chi connectivity index (χ0v) is 7.62. The molecule has 1 aliphatic heterocycles. The van der Waals surface area contributed by atoms with Gasteiger partial charge in [-0.2, -0.15) is 5.10 Å². The number of hydrogen-bond donors (Lipinski definition) is 1. The van der Waals surface area contributed by atoms with Crippen molar-refractivity contribution >= 4 is 11.5 Å². The molecule has 1 rings (SSSR count). The summed E-state index contributed by atoms with van der Waals surface area (Å²) in [5.41, 5.74) is 1.03. The number of nitrogens with zero attached hydrogens (tertiary/aromatic N) is 3. The molecule has 0 fully saturated rings. The first kappa shape index (κ1) is 9.19. The highest BCUT2D eigenvalue weighted by Gasteiger charge is 2.12. The number of amidine groups is 1. The van der Waals surface area contributed by atoms with Crippen molar-refractivity contribution in [1.82, 2.24) is 5.01 Å². The van der Waals surface area contributed by atoms with Gasteiger partial charge in [0, 0.05) is 18.7 Å². The number of rotatable bonds is 2. The molecule has 4 heteroatoms. The highest BCUT2D eigenvalue weighted by molar-refractivity contribution is 5.96. The molecule has 0 amide bonds. The summed E-state index contributed by atoms with van der Waals surface area (Å²) in [7, 11) is 0. The Hall–Kier alpha value is -0.900. The Balaban J connectivity index is 2.48. The summed E-state index contributed by atoms with van der Waals surface area (Å²) in [6.07, 6.45) is 0.894. The largest absolute Gasteiger partial charge is 0.394 e. The average Bonchev–Trinajstić information content (AvgIpc) is 2.36. The highest BCUT2D eigenvalue weighted by Crippen LogP contribution is 2.06. The van der Waals surface area contributed by atoms with Gasteiger partial charge in [-0.25, -0.2) is 4.99 Å². The van der Waals surface area contributed by atoms with Crippen molar-refractivity contribution < 1.29 is 5.11 Å². The van der Waals surface area contributed by atoms with Crippen LogP contribution in [0, 0.1) is 0 Å². The van der Waals surface area contributed by atoms with Crippen LogP contribution in [-0.4, -0.2) is 41.4 Å². The summed E-state index contributed by atoms with van der Waals surface area (Å²) in [5.74, 6) is 0.878. The van der Waals surface area contributed by atoms with E-state index in [-0.39, 0.29) is 6.61 Å². The first-order chi connectivity index (χ1) is 5.72. The number of aliphatic imine (C=N–C) groups is 1. The third-order valence-electron chi connectivity index (χ3n) is 1.56. The predicted octanol–water partition coefficient (Wildman–Crippen LogP) is 0.479. The van der Waals surface area contributed by atoms with E-state index in [0.717, 1.165) is 24.5 Å². The molecule has 1 aliphatic rings. The summed E-state index contributed by atoms with van der Waals surface area (Å²) >= 11 is 0. The normalized spacial score (nSPS) is 16.2. The van der Waals surface area contributed by atoms with Crippen LogP contribution in [0.3, 0.4) is 0 Å². The molecule has 68 valence electrons. The second-order valence-corrected chi connectivity index (χ2v) is 3.00. The lowest BCUT2D eigenvalue weighted by molar-refractivity contribution is 0.213. The summed E-state index contributed by atoms with van der Waals surface area (Å²) in [6, 6.07) is 0.